The van der Waals surface area contributed by atoms with Crippen LogP contribution in [-0.4, -0.2) is 4.98 Å². The SMILES string of the molecule is Nc1c(Cl)cc(-c2nc3cc(Cl)ccc3o2)cc1Cl. The van der Waals surface area contributed by atoms with E-state index in [2.05, 4.69) is 4.98 Å². The Hall–Kier alpha value is -1.42. The molecule has 0 amide bonds. The zero-order chi connectivity index (χ0) is 13.6. The van der Waals surface area contributed by atoms with Gasteiger partial charge in [0.15, 0.2) is 5.58 Å². The van der Waals surface area contributed by atoms with Crippen LogP contribution in [0.2, 0.25) is 15.1 Å². The van der Waals surface area contributed by atoms with Crippen molar-refractivity contribution in [2.75, 3.05) is 5.73 Å². The second-order valence-electron chi connectivity index (χ2n) is 3.98. The standard InChI is InChI=1S/C13H7Cl3N2O/c14-7-1-2-11-10(5-7)18-13(19-11)6-3-8(15)12(17)9(16)4-6/h1-5H,17H2. The summed E-state index contributed by atoms with van der Waals surface area (Å²) in [6.07, 6.45) is 0. The van der Waals surface area contributed by atoms with Crippen LogP contribution in [0.4, 0.5) is 5.69 Å². The smallest absolute Gasteiger partial charge is 0.227 e. The first-order chi connectivity index (χ1) is 9.04. The number of hydrogen-bond donors (Lipinski definition) is 1. The summed E-state index contributed by atoms with van der Waals surface area (Å²) in [7, 11) is 0. The monoisotopic (exact) mass is 312 g/mol. The summed E-state index contributed by atoms with van der Waals surface area (Å²) in [4.78, 5) is 4.35. The van der Waals surface area contributed by atoms with Gasteiger partial charge in [-0.05, 0) is 30.3 Å². The van der Waals surface area contributed by atoms with E-state index in [9.17, 15) is 0 Å². The Labute approximate surface area is 123 Å². The Morgan fingerprint density at radius 2 is 1.68 bits per heavy atom. The largest absolute Gasteiger partial charge is 0.436 e. The van der Waals surface area contributed by atoms with E-state index in [0.717, 1.165) is 0 Å². The van der Waals surface area contributed by atoms with E-state index in [0.29, 0.717) is 43.3 Å². The molecule has 19 heavy (non-hydrogen) atoms. The zero-order valence-corrected chi connectivity index (χ0v) is 11.7. The molecule has 0 spiro atoms. The summed E-state index contributed by atoms with van der Waals surface area (Å²) in [6.45, 7) is 0. The van der Waals surface area contributed by atoms with Gasteiger partial charge in [0.1, 0.15) is 5.52 Å². The minimum Gasteiger partial charge on any atom is -0.436 e. The summed E-state index contributed by atoms with van der Waals surface area (Å²) < 4.78 is 5.63. The lowest BCUT2D eigenvalue weighted by molar-refractivity contribution is 0.620. The van der Waals surface area contributed by atoms with Gasteiger partial charge in [0, 0.05) is 10.6 Å². The maximum atomic E-state index is 5.99. The van der Waals surface area contributed by atoms with Gasteiger partial charge in [-0.25, -0.2) is 4.98 Å². The normalized spacial score (nSPS) is 11.1. The molecule has 3 rings (SSSR count). The third kappa shape index (κ3) is 2.25. The van der Waals surface area contributed by atoms with Gasteiger partial charge in [0.2, 0.25) is 5.89 Å². The molecule has 0 fully saturated rings. The molecule has 2 N–H and O–H groups in total. The average Bonchev–Trinajstić information content (AvgIpc) is 2.78. The summed E-state index contributed by atoms with van der Waals surface area (Å²) in [5, 5.41) is 1.33. The van der Waals surface area contributed by atoms with Crippen molar-refractivity contribution >= 4 is 51.6 Å². The van der Waals surface area contributed by atoms with Crippen LogP contribution in [0.5, 0.6) is 0 Å². The van der Waals surface area contributed by atoms with E-state index >= 15 is 0 Å². The number of nitrogens with zero attached hydrogens (tertiary/aromatic N) is 1. The number of nitrogens with two attached hydrogens (primary N) is 1. The molecule has 0 unspecified atom stereocenters. The predicted octanol–water partition coefficient (Wildman–Crippen LogP) is 5.04. The van der Waals surface area contributed by atoms with Gasteiger partial charge < -0.3 is 10.2 Å². The lowest BCUT2D eigenvalue weighted by atomic mass is 10.2. The first-order valence-corrected chi connectivity index (χ1v) is 6.49. The number of aromatic nitrogens is 1. The van der Waals surface area contributed by atoms with Crippen LogP contribution in [0.15, 0.2) is 34.7 Å². The number of rotatable bonds is 1. The van der Waals surface area contributed by atoms with Crippen LogP contribution in [0.1, 0.15) is 0 Å². The Morgan fingerprint density at radius 1 is 1.00 bits per heavy atom. The fourth-order valence-corrected chi connectivity index (χ4v) is 2.39. The van der Waals surface area contributed by atoms with Gasteiger partial charge in [-0.1, -0.05) is 34.8 Å². The maximum Gasteiger partial charge on any atom is 0.227 e. The summed E-state index contributed by atoms with van der Waals surface area (Å²) in [5.41, 5.74) is 8.01. The molecule has 1 heterocycles. The number of nitrogen functional groups attached to an aromatic ring is 1. The van der Waals surface area contributed by atoms with E-state index in [4.69, 9.17) is 45.0 Å². The molecule has 96 valence electrons. The summed E-state index contributed by atoms with van der Waals surface area (Å²) in [6, 6.07) is 8.55. The van der Waals surface area contributed by atoms with Gasteiger partial charge in [-0.3, -0.25) is 0 Å². The molecule has 0 aliphatic rings. The first-order valence-electron chi connectivity index (χ1n) is 5.35. The van der Waals surface area contributed by atoms with Crippen LogP contribution in [0, 0.1) is 0 Å². The molecule has 0 saturated carbocycles. The molecule has 0 radical (unpaired) electrons. The highest BCUT2D eigenvalue weighted by atomic mass is 35.5. The van der Waals surface area contributed by atoms with Crippen molar-refractivity contribution in [1.82, 2.24) is 4.98 Å². The summed E-state index contributed by atoms with van der Waals surface area (Å²) >= 11 is 17.9. The molecular weight excluding hydrogens is 307 g/mol. The molecule has 0 bridgehead atoms. The molecule has 3 aromatic rings. The number of benzene rings is 2. The minimum atomic E-state index is 0.339. The Morgan fingerprint density at radius 3 is 2.37 bits per heavy atom. The van der Waals surface area contributed by atoms with Crippen molar-refractivity contribution in [2.45, 2.75) is 0 Å². The summed E-state index contributed by atoms with van der Waals surface area (Å²) in [5.74, 6) is 0.418. The number of fused-ring (bicyclic) bond motifs is 1. The van der Waals surface area contributed by atoms with Gasteiger partial charge in [-0.2, -0.15) is 0 Å². The van der Waals surface area contributed by atoms with Crippen molar-refractivity contribution in [3.8, 4) is 11.5 Å². The van der Waals surface area contributed by atoms with Crippen LogP contribution >= 0.6 is 34.8 Å². The lowest BCUT2D eigenvalue weighted by Gasteiger charge is -2.03. The van der Waals surface area contributed by atoms with Gasteiger partial charge in [-0.15, -0.1) is 0 Å². The predicted molar refractivity (Wildman–Crippen MR) is 78.9 cm³/mol. The second-order valence-corrected chi connectivity index (χ2v) is 5.24. The maximum absolute atomic E-state index is 5.99. The second kappa shape index (κ2) is 4.60. The molecular formula is C13H7Cl3N2O. The fourth-order valence-electron chi connectivity index (χ4n) is 1.73. The van der Waals surface area contributed by atoms with Crippen LogP contribution in [0.25, 0.3) is 22.6 Å². The Kier molecular flexibility index (Phi) is 3.05. The topological polar surface area (TPSA) is 52.0 Å². The van der Waals surface area contributed by atoms with Crippen LogP contribution in [0.3, 0.4) is 0 Å². The molecule has 0 aliphatic carbocycles. The number of halogens is 3. The van der Waals surface area contributed by atoms with Crippen molar-refractivity contribution in [1.29, 1.82) is 0 Å². The molecule has 2 aromatic carbocycles. The molecule has 0 saturated heterocycles. The van der Waals surface area contributed by atoms with E-state index in [-0.39, 0.29) is 0 Å². The van der Waals surface area contributed by atoms with Gasteiger partial charge in [0.25, 0.3) is 0 Å². The average molecular weight is 314 g/mol. The first kappa shape index (κ1) is 12.6. The quantitative estimate of drug-likeness (QED) is 0.640. The molecule has 0 aliphatic heterocycles. The lowest BCUT2D eigenvalue weighted by Crippen LogP contribution is -1.89. The molecule has 3 nitrogen and oxygen atoms in total. The fraction of sp³-hybridized carbons (Fsp3) is 0. The minimum absolute atomic E-state index is 0.339. The van der Waals surface area contributed by atoms with Gasteiger partial charge >= 0.3 is 0 Å². The number of anilines is 1. The van der Waals surface area contributed by atoms with Crippen molar-refractivity contribution in [3.63, 3.8) is 0 Å². The third-order valence-corrected chi connectivity index (χ3v) is 3.54. The highest BCUT2D eigenvalue weighted by Crippen LogP contribution is 2.34. The van der Waals surface area contributed by atoms with Crippen molar-refractivity contribution in [3.05, 3.63) is 45.4 Å². The Bertz CT molecular complexity index is 760. The highest BCUT2D eigenvalue weighted by Gasteiger charge is 2.12. The molecule has 6 heteroatoms. The van der Waals surface area contributed by atoms with Crippen LogP contribution in [-0.2, 0) is 0 Å². The molecule has 0 atom stereocenters. The third-order valence-electron chi connectivity index (χ3n) is 2.68. The Balaban J connectivity index is 2.19. The van der Waals surface area contributed by atoms with E-state index < -0.39 is 0 Å². The van der Waals surface area contributed by atoms with Crippen molar-refractivity contribution in [2.24, 2.45) is 0 Å². The van der Waals surface area contributed by atoms with E-state index in [1.807, 2.05) is 0 Å². The number of hydrogen-bond acceptors (Lipinski definition) is 3. The van der Waals surface area contributed by atoms with Gasteiger partial charge in [0.05, 0.1) is 15.7 Å². The van der Waals surface area contributed by atoms with E-state index in [1.54, 1.807) is 30.3 Å². The number of oxazole rings is 1. The van der Waals surface area contributed by atoms with E-state index in [1.165, 1.54) is 0 Å². The highest BCUT2D eigenvalue weighted by molar-refractivity contribution is 6.39. The van der Waals surface area contributed by atoms with Crippen LogP contribution < -0.4 is 5.73 Å². The van der Waals surface area contributed by atoms with Crippen molar-refractivity contribution < 1.29 is 4.42 Å². The molecule has 1 aromatic heterocycles. The zero-order valence-electron chi connectivity index (χ0n) is 9.45.